The van der Waals surface area contributed by atoms with Gasteiger partial charge in [0.25, 0.3) is 0 Å². The lowest BCUT2D eigenvalue weighted by molar-refractivity contribution is 0.0878. The molecule has 3 aliphatic rings. The van der Waals surface area contributed by atoms with Crippen molar-refractivity contribution in [1.29, 1.82) is 0 Å². The molecule has 2 aliphatic heterocycles. The van der Waals surface area contributed by atoms with Gasteiger partial charge < -0.3 is 39.6 Å². The maximum Gasteiger partial charge on any atom is 0.200 e. The molecule has 2 heterocycles. The van der Waals surface area contributed by atoms with E-state index in [0.717, 1.165) is 51.1 Å². The Hall–Kier alpha value is -3.78. The first kappa shape index (κ1) is 21.7. The molecule has 35 heavy (non-hydrogen) atoms. The summed E-state index contributed by atoms with van der Waals surface area (Å²) in [6.45, 7) is 0.765. The van der Waals surface area contributed by atoms with Crippen LogP contribution in [0.2, 0.25) is 0 Å². The number of rotatable bonds is 4. The smallest absolute Gasteiger partial charge is 0.200 e. The normalized spacial score (nSPS) is 19.1. The molecule has 0 aromatic heterocycles. The van der Waals surface area contributed by atoms with Gasteiger partial charge >= 0.3 is 0 Å². The van der Waals surface area contributed by atoms with E-state index in [9.17, 15) is 15.3 Å². The molecule has 0 fully saturated rings. The Kier molecular flexibility index (Phi) is 4.89. The van der Waals surface area contributed by atoms with Crippen LogP contribution >= 0.6 is 0 Å². The minimum atomic E-state index is -0.843. The molecule has 8 heteroatoms. The van der Waals surface area contributed by atoms with Crippen LogP contribution in [0, 0.1) is 0 Å². The standard InChI is InChI=1S/C27H27NO7/c1-32-19-9-18(29)15-10-28-17-8-20-25(14-5-4-13(19)23(15)24(14)17)26(30)16(11-35-20)12-6-21(33-2)27(31)22(7-12)34-3/h6-9,16,26,28-31H,4-5,10-11H2,1-3H3/t16-,26-/m0/s1. The molecule has 8 nitrogen and oxygen atoms in total. The molecule has 3 aromatic carbocycles. The van der Waals surface area contributed by atoms with Crippen LogP contribution < -0.4 is 24.3 Å². The Bertz CT molecular complexity index is 1340. The van der Waals surface area contributed by atoms with Crippen molar-refractivity contribution in [2.45, 2.75) is 31.4 Å². The average molecular weight is 478 g/mol. The highest BCUT2D eigenvalue weighted by molar-refractivity contribution is 5.93. The van der Waals surface area contributed by atoms with Crippen molar-refractivity contribution in [3.63, 3.8) is 0 Å². The van der Waals surface area contributed by atoms with Gasteiger partial charge in [-0.15, -0.1) is 0 Å². The van der Waals surface area contributed by atoms with E-state index in [2.05, 4.69) is 5.32 Å². The first-order valence-electron chi connectivity index (χ1n) is 11.6. The van der Waals surface area contributed by atoms with Crippen molar-refractivity contribution in [1.82, 2.24) is 0 Å². The van der Waals surface area contributed by atoms with Gasteiger partial charge in [-0.05, 0) is 41.7 Å². The number of hydrogen-bond donors (Lipinski definition) is 4. The van der Waals surface area contributed by atoms with E-state index >= 15 is 0 Å². The molecular formula is C27H27NO7. The van der Waals surface area contributed by atoms with Crippen molar-refractivity contribution in [3.8, 4) is 45.6 Å². The quantitative estimate of drug-likeness (QED) is 0.446. The van der Waals surface area contributed by atoms with Crippen molar-refractivity contribution in [3.05, 3.63) is 52.1 Å². The molecule has 3 aromatic rings. The fourth-order valence-electron chi connectivity index (χ4n) is 5.81. The first-order valence-corrected chi connectivity index (χ1v) is 11.6. The van der Waals surface area contributed by atoms with Gasteiger partial charge in [0, 0.05) is 52.5 Å². The van der Waals surface area contributed by atoms with E-state index in [1.165, 1.54) is 14.2 Å². The van der Waals surface area contributed by atoms with Gasteiger partial charge in [0.1, 0.15) is 17.2 Å². The molecule has 4 N–H and O–H groups in total. The number of aromatic hydroxyl groups is 2. The second-order valence-electron chi connectivity index (χ2n) is 9.11. The number of aliphatic hydroxyl groups excluding tert-OH is 1. The number of aliphatic hydroxyl groups is 1. The molecule has 0 amide bonds. The highest BCUT2D eigenvalue weighted by atomic mass is 16.5. The van der Waals surface area contributed by atoms with E-state index < -0.39 is 12.0 Å². The Morgan fingerprint density at radius 3 is 2.23 bits per heavy atom. The maximum absolute atomic E-state index is 11.7. The lowest BCUT2D eigenvalue weighted by Gasteiger charge is -2.38. The predicted molar refractivity (Wildman–Crippen MR) is 129 cm³/mol. The summed E-state index contributed by atoms with van der Waals surface area (Å²) in [5.74, 6) is 1.60. The van der Waals surface area contributed by atoms with Crippen molar-refractivity contribution in [2.75, 3.05) is 33.3 Å². The molecule has 0 spiro atoms. The van der Waals surface area contributed by atoms with E-state index in [1.54, 1.807) is 25.3 Å². The largest absolute Gasteiger partial charge is 0.507 e. The summed E-state index contributed by atoms with van der Waals surface area (Å²) >= 11 is 0. The van der Waals surface area contributed by atoms with Crippen molar-refractivity contribution < 1.29 is 34.3 Å². The summed E-state index contributed by atoms with van der Waals surface area (Å²) < 4.78 is 22.4. The molecule has 6 rings (SSSR count). The molecule has 0 saturated carbocycles. The van der Waals surface area contributed by atoms with Gasteiger partial charge in [-0.2, -0.15) is 0 Å². The summed E-state index contributed by atoms with van der Waals surface area (Å²) in [7, 11) is 4.57. The lowest BCUT2D eigenvalue weighted by atomic mass is 9.74. The van der Waals surface area contributed by atoms with Crippen LogP contribution in [-0.2, 0) is 19.4 Å². The van der Waals surface area contributed by atoms with E-state index in [-0.39, 0.29) is 29.6 Å². The van der Waals surface area contributed by atoms with Gasteiger partial charge in [-0.1, -0.05) is 0 Å². The fourth-order valence-corrected chi connectivity index (χ4v) is 5.81. The minimum Gasteiger partial charge on any atom is -0.507 e. The third-order valence-corrected chi connectivity index (χ3v) is 7.49. The van der Waals surface area contributed by atoms with Crippen LogP contribution in [-0.4, -0.2) is 43.3 Å². The molecule has 0 radical (unpaired) electrons. The average Bonchev–Trinajstić information content (AvgIpc) is 2.88. The Morgan fingerprint density at radius 2 is 1.54 bits per heavy atom. The van der Waals surface area contributed by atoms with Gasteiger partial charge in [-0.3, -0.25) is 0 Å². The topological polar surface area (TPSA) is 110 Å². The monoisotopic (exact) mass is 477 g/mol. The molecular weight excluding hydrogens is 450 g/mol. The van der Waals surface area contributed by atoms with E-state index in [4.69, 9.17) is 18.9 Å². The zero-order valence-electron chi connectivity index (χ0n) is 19.8. The second-order valence-corrected chi connectivity index (χ2v) is 9.11. The molecule has 182 valence electrons. The van der Waals surface area contributed by atoms with Crippen LogP contribution in [0.4, 0.5) is 5.69 Å². The third-order valence-electron chi connectivity index (χ3n) is 7.49. The van der Waals surface area contributed by atoms with E-state index in [1.807, 2.05) is 6.07 Å². The van der Waals surface area contributed by atoms with Crippen molar-refractivity contribution >= 4 is 5.69 Å². The number of methoxy groups -OCH3 is 3. The number of fused-ring (bicyclic) bond motifs is 2. The van der Waals surface area contributed by atoms with Crippen LogP contribution in [0.1, 0.15) is 39.8 Å². The number of benzene rings is 3. The summed E-state index contributed by atoms with van der Waals surface area (Å²) in [6, 6.07) is 7.05. The van der Waals surface area contributed by atoms with Gasteiger partial charge in [0.05, 0.1) is 34.0 Å². The number of phenolic OH excluding ortho intramolecular Hbond substituents is 2. The first-order chi connectivity index (χ1) is 17.0. The summed E-state index contributed by atoms with van der Waals surface area (Å²) in [6.07, 6.45) is 0.590. The number of ether oxygens (including phenoxy) is 4. The number of hydrogen-bond acceptors (Lipinski definition) is 8. The van der Waals surface area contributed by atoms with Crippen molar-refractivity contribution in [2.24, 2.45) is 0 Å². The van der Waals surface area contributed by atoms with Gasteiger partial charge in [0.2, 0.25) is 5.75 Å². The molecule has 2 atom stereocenters. The molecule has 0 bridgehead atoms. The van der Waals surface area contributed by atoms with Crippen LogP contribution in [0.15, 0.2) is 24.3 Å². The molecule has 1 aliphatic carbocycles. The van der Waals surface area contributed by atoms with Gasteiger partial charge in [0.15, 0.2) is 11.5 Å². The number of anilines is 1. The third kappa shape index (κ3) is 3.02. The summed E-state index contributed by atoms with van der Waals surface area (Å²) in [5, 5.41) is 36.1. The SMILES string of the molecule is COc1cc([C@@H]2COc3cc4c5c(c3[C@H]2O)CCc2c(OC)cc(O)c(c2-5)CN4)cc(OC)c1O. The summed E-state index contributed by atoms with van der Waals surface area (Å²) in [5.41, 5.74) is 7.34. The zero-order valence-corrected chi connectivity index (χ0v) is 19.8. The fraction of sp³-hybridized carbons (Fsp3) is 0.333. The highest BCUT2D eigenvalue weighted by Gasteiger charge is 2.39. The Balaban J connectivity index is 1.52. The van der Waals surface area contributed by atoms with Gasteiger partial charge in [-0.25, -0.2) is 0 Å². The maximum atomic E-state index is 11.7. The van der Waals surface area contributed by atoms with Crippen LogP contribution in [0.5, 0.6) is 34.5 Å². The highest BCUT2D eigenvalue weighted by Crippen LogP contribution is 2.55. The van der Waals surface area contributed by atoms with Crippen LogP contribution in [0.3, 0.4) is 0 Å². The number of nitrogens with one attached hydrogen (secondary N) is 1. The summed E-state index contributed by atoms with van der Waals surface area (Å²) in [4.78, 5) is 0. The predicted octanol–water partition coefficient (Wildman–Crippen LogP) is 4.02. The number of phenols is 2. The van der Waals surface area contributed by atoms with E-state index in [0.29, 0.717) is 24.5 Å². The Morgan fingerprint density at radius 1 is 0.857 bits per heavy atom. The Labute approximate surface area is 202 Å². The molecule has 0 unspecified atom stereocenters. The van der Waals surface area contributed by atoms with Crippen LogP contribution in [0.25, 0.3) is 11.1 Å². The lowest BCUT2D eigenvalue weighted by Crippen LogP contribution is -2.28. The molecule has 0 saturated heterocycles. The minimum absolute atomic E-state index is 0.0847. The second kappa shape index (κ2) is 7.88. The zero-order chi connectivity index (χ0) is 24.4.